The van der Waals surface area contributed by atoms with Crippen molar-refractivity contribution in [2.45, 2.75) is 23.7 Å². The second kappa shape index (κ2) is 9.20. The van der Waals surface area contributed by atoms with E-state index in [2.05, 4.69) is 28.5 Å². The normalized spacial score (nSPS) is 16.6. The summed E-state index contributed by atoms with van der Waals surface area (Å²) >= 11 is 1.63. The second-order valence-electron chi connectivity index (χ2n) is 7.22. The molecule has 148 valence electrons. The third kappa shape index (κ3) is 5.02. The molecular weight excluding hydrogens is 380 g/mol. The molecule has 2 aromatic carbocycles. The molecule has 5 nitrogen and oxygen atoms in total. The van der Waals surface area contributed by atoms with Gasteiger partial charge in [-0.1, -0.05) is 54.2 Å². The number of amides is 1. The van der Waals surface area contributed by atoms with E-state index in [4.69, 9.17) is 0 Å². The molecule has 1 aliphatic heterocycles. The van der Waals surface area contributed by atoms with Gasteiger partial charge in [-0.3, -0.25) is 4.79 Å². The zero-order valence-corrected chi connectivity index (χ0v) is 17.2. The van der Waals surface area contributed by atoms with Gasteiger partial charge in [0.2, 0.25) is 0 Å². The highest BCUT2D eigenvalue weighted by Gasteiger charge is 2.21. The van der Waals surface area contributed by atoms with Gasteiger partial charge in [-0.15, -0.1) is 10.2 Å². The van der Waals surface area contributed by atoms with Crippen LogP contribution in [0.25, 0.3) is 11.3 Å². The fourth-order valence-corrected chi connectivity index (χ4v) is 4.17. The average molecular weight is 405 g/mol. The number of carbonyl (C=O) groups excluding carboxylic acids is 1. The predicted octanol–water partition coefficient (Wildman–Crippen LogP) is 3.87. The predicted molar refractivity (Wildman–Crippen MR) is 117 cm³/mol. The van der Waals surface area contributed by atoms with Crippen LogP contribution >= 0.6 is 11.8 Å². The van der Waals surface area contributed by atoms with E-state index >= 15 is 0 Å². The van der Waals surface area contributed by atoms with Gasteiger partial charge in [0, 0.05) is 42.6 Å². The molecule has 1 aliphatic rings. The van der Waals surface area contributed by atoms with Crippen LogP contribution < -0.4 is 5.32 Å². The van der Waals surface area contributed by atoms with Crippen molar-refractivity contribution in [3.05, 3.63) is 77.9 Å². The van der Waals surface area contributed by atoms with Crippen molar-refractivity contribution in [2.24, 2.45) is 0 Å². The zero-order valence-electron chi connectivity index (χ0n) is 16.4. The van der Waals surface area contributed by atoms with Gasteiger partial charge in [0.25, 0.3) is 5.91 Å². The summed E-state index contributed by atoms with van der Waals surface area (Å²) in [5.74, 6) is 0.857. The SMILES string of the molecule is CC1CN(C(=O)c2cccc(CSc3ccc(-c4ccccc4)nn3)c2)CCN1. The van der Waals surface area contributed by atoms with Crippen LogP contribution in [-0.4, -0.2) is 46.7 Å². The lowest BCUT2D eigenvalue weighted by Gasteiger charge is -2.32. The summed E-state index contributed by atoms with van der Waals surface area (Å²) in [4.78, 5) is 14.7. The first kappa shape index (κ1) is 19.6. The smallest absolute Gasteiger partial charge is 0.253 e. The Labute approximate surface area is 175 Å². The first-order valence-electron chi connectivity index (χ1n) is 9.82. The Morgan fingerprint density at radius 2 is 1.97 bits per heavy atom. The van der Waals surface area contributed by atoms with Crippen molar-refractivity contribution in [3.8, 4) is 11.3 Å². The van der Waals surface area contributed by atoms with Gasteiger partial charge in [-0.25, -0.2) is 0 Å². The molecule has 1 unspecified atom stereocenters. The highest BCUT2D eigenvalue weighted by molar-refractivity contribution is 7.98. The van der Waals surface area contributed by atoms with Crippen molar-refractivity contribution in [3.63, 3.8) is 0 Å². The largest absolute Gasteiger partial charge is 0.336 e. The molecule has 0 bridgehead atoms. The summed E-state index contributed by atoms with van der Waals surface area (Å²) in [6.07, 6.45) is 0. The van der Waals surface area contributed by atoms with Crippen LogP contribution in [-0.2, 0) is 5.75 Å². The van der Waals surface area contributed by atoms with Crippen LogP contribution in [0.5, 0.6) is 0 Å². The average Bonchev–Trinajstić information content (AvgIpc) is 2.78. The van der Waals surface area contributed by atoms with E-state index in [0.717, 1.165) is 52.8 Å². The lowest BCUT2D eigenvalue weighted by molar-refractivity contribution is 0.0709. The van der Waals surface area contributed by atoms with Crippen LogP contribution in [0.15, 0.2) is 71.8 Å². The maximum atomic E-state index is 12.8. The Morgan fingerprint density at radius 3 is 2.72 bits per heavy atom. The van der Waals surface area contributed by atoms with Gasteiger partial charge < -0.3 is 10.2 Å². The molecule has 1 aromatic heterocycles. The zero-order chi connectivity index (χ0) is 20.1. The molecule has 2 heterocycles. The lowest BCUT2D eigenvalue weighted by Crippen LogP contribution is -2.51. The third-order valence-corrected chi connectivity index (χ3v) is 5.92. The first-order chi connectivity index (χ1) is 14.2. The van der Waals surface area contributed by atoms with Crippen molar-refractivity contribution in [1.82, 2.24) is 20.4 Å². The number of thioether (sulfide) groups is 1. The van der Waals surface area contributed by atoms with Crippen LogP contribution in [0.4, 0.5) is 0 Å². The molecule has 1 N–H and O–H groups in total. The summed E-state index contributed by atoms with van der Waals surface area (Å²) < 4.78 is 0. The van der Waals surface area contributed by atoms with Crippen molar-refractivity contribution < 1.29 is 4.79 Å². The number of benzene rings is 2. The molecule has 1 saturated heterocycles. The molecule has 0 aliphatic carbocycles. The molecule has 1 atom stereocenters. The van der Waals surface area contributed by atoms with Crippen LogP contribution in [0.2, 0.25) is 0 Å². The minimum absolute atomic E-state index is 0.109. The molecule has 3 aromatic rings. The van der Waals surface area contributed by atoms with Crippen LogP contribution in [0.3, 0.4) is 0 Å². The molecule has 4 rings (SSSR count). The number of rotatable bonds is 5. The Morgan fingerprint density at radius 1 is 1.10 bits per heavy atom. The quantitative estimate of drug-likeness (QED) is 0.654. The maximum Gasteiger partial charge on any atom is 0.253 e. The summed E-state index contributed by atoms with van der Waals surface area (Å²) in [5, 5.41) is 12.9. The van der Waals surface area contributed by atoms with Crippen molar-refractivity contribution >= 4 is 17.7 Å². The van der Waals surface area contributed by atoms with Crippen LogP contribution in [0.1, 0.15) is 22.8 Å². The number of carbonyl (C=O) groups is 1. The molecule has 0 saturated carbocycles. The molecule has 29 heavy (non-hydrogen) atoms. The van der Waals surface area contributed by atoms with E-state index in [1.165, 1.54) is 0 Å². The number of nitrogens with one attached hydrogen (secondary N) is 1. The Bertz CT molecular complexity index is 962. The molecular formula is C23H24N4OS. The van der Waals surface area contributed by atoms with Crippen molar-refractivity contribution in [2.75, 3.05) is 19.6 Å². The van der Waals surface area contributed by atoms with E-state index in [1.54, 1.807) is 11.8 Å². The number of aromatic nitrogens is 2. The van der Waals surface area contributed by atoms with Crippen LogP contribution in [0, 0.1) is 0 Å². The fourth-order valence-electron chi connectivity index (χ4n) is 3.41. The summed E-state index contributed by atoms with van der Waals surface area (Å²) in [6, 6.07) is 22.3. The monoisotopic (exact) mass is 404 g/mol. The van der Waals surface area contributed by atoms with Gasteiger partial charge in [-0.05, 0) is 36.8 Å². The number of piperazine rings is 1. The number of nitrogens with zero attached hydrogens (tertiary/aromatic N) is 3. The van der Waals surface area contributed by atoms with E-state index in [1.807, 2.05) is 65.6 Å². The van der Waals surface area contributed by atoms with Gasteiger partial charge >= 0.3 is 0 Å². The second-order valence-corrected chi connectivity index (χ2v) is 8.21. The van der Waals surface area contributed by atoms with E-state index < -0.39 is 0 Å². The Kier molecular flexibility index (Phi) is 6.22. The molecule has 0 radical (unpaired) electrons. The lowest BCUT2D eigenvalue weighted by atomic mass is 10.1. The highest BCUT2D eigenvalue weighted by atomic mass is 32.2. The summed E-state index contributed by atoms with van der Waals surface area (Å²) in [7, 11) is 0. The minimum Gasteiger partial charge on any atom is -0.336 e. The molecule has 1 fully saturated rings. The molecule has 1 amide bonds. The van der Waals surface area contributed by atoms with Crippen molar-refractivity contribution in [1.29, 1.82) is 0 Å². The van der Waals surface area contributed by atoms with E-state index in [-0.39, 0.29) is 5.91 Å². The van der Waals surface area contributed by atoms with E-state index in [0.29, 0.717) is 6.04 Å². The van der Waals surface area contributed by atoms with Gasteiger partial charge in [0.05, 0.1) is 5.69 Å². The number of hydrogen-bond acceptors (Lipinski definition) is 5. The van der Waals surface area contributed by atoms with Gasteiger partial charge in [0.1, 0.15) is 5.03 Å². The maximum absolute atomic E-state index is 12.8. The summed E-state index contributed by atoms with van der Waals surface area (Å²) in [6.45, 7) is 4.46. The van der Waals surface area contributed by atoms with E-state index in [9.17, 15) is 4.79 Å². The third-order valence-electron chi connectivity index (χ3n) is 4.93. The molecule has 6 heteroatoms. The summed E-state index contributed by atoms with van der Waals surface area (Å²) in [5.41, 5.74) is 3.79. The fraction of sp³-hybridized carbons (Fsp3) is 0.261. The highest BCUT2D eigenvalue weighted by Crippen LogP contribution is 2.23. The molecule has 0 spiro atoms. The minimum atomic E-state index is 0.109. The first-order valence-corrected chi connectivity index (χ1v) is 10.8. The standard InChI is InChI=1S/C23H24N4OS/c1-17-15-27(13-12-24-17)23(28)20-9-5-6-18(14-20)16-29-22-11-10-21(25-26-22)19-7-3-2-4-8-19/h2-11,14,17,24H,12-13,15-16H2,1H3. The van der Waals surface area contributed by atoms with Gasteiger partial charge in [-0.2, -0.15) is 0 Å². The topological polar surface area (TPSA) is 58.1 Å². The Hall–Kier alpha value is -2.70. The number of hydrogen-bond donors (Lipinski definition) is 1. The van der Waals surface area contributed by atoms with Gasteiger partial charge in [0.15, 0.2) is 0 Å². The Balaban J connectivity index is 1.39.